The minimum absolute atomic E-state index is 0.586. The smallest absolute Gasteiger partial charge is 0.0150 e. The van der Waals surface area contributed by atoms with E-state index in [0.717, 1.165) is 6.42 Å². The third-order valence-corrected chi connectivity index (χ3v) is 3.03. The Labute approximate surface area is 112 Å². The molecule has 1 atom stereocenters. The SMILES string of the molecule is CC.Cc1ccc(C(C)Cc2ccccc2)cc1. The Bertz CT molecular complexity index is 425. The minimum Gasteiger partial charge on any atom is -0.0683 e. The van der Waals surface area contributed by atoms with Crippen molar-refractivity contribution in [3.8, 4) is 0 Å². The summed E-state index contributed by atoms with van der Waals surface area (Å²) in [4.78, 5) is 0. The van der Waals surface area contributed by atoms with Gasteiger partial charge in [-0.05, 0) is 30.4 Å². The monoisotopic (exact) mass is 240 g/mol. The van der Waals surface area contributed by atoms with Gasteiger partial charge in [-0.15, -0.1) is 0 Å². The molecule has 96 valence electrons. The van der Waals surface area contributed by atoms with Crippen molar-refractivity contribution in [1.29, 1.82) is 0 Å². The maximum absolute atomic E-state index is 2.29. The van der Waals surface area contributed by atoms with Gasteiger partial charge in [-0.3, -0.25) is 0 Å². The number of aryl methyl sites for hydroxylation is 1. The van der Waals surface area contributed by atoms with Gasteiger partial charge >= 0.3 is 0 Å². The lowest BCUT2D eigenvalue weighted by Gasteiger charge is -2.12. The first kappa shape index (κ1) is 14.5. The van der Waals surface area contributed by atoms with E-state index < -0.39 is 0 Å². The molecule has 0 saturated heterocycles. The quantitative estimate of drug-likeness (QED) is 0.677. The van der Waals surface area contributed by atoms with Crippen LogP contribution in [0.3, 0.4) is 0 Å². The van der Waals surface area contributed by atoms with Crippen molar-refractivity contribution >= 4 is 0 Å². The molecule has 0 heterocycles. The second-order valence-electron chi connectivity index (χ2n) is 4.50. The molecule has 1 unspecified atom stereocenters. The first-order valence-electron chi connectivity index (χ1n) is 6.86. The molecule has 0 saturated carbocycles. The predicted octanol–water partition coefficient (Wildman–Crippen LogP) is 5.37. The molecule has 18 heavy (non-hydrogen) atoms. The van der Waals surface area contributed by atoms with E-state index in [9.17, 15) is 0 Å². The minimum atomic E-state index is 0.586. The summed E-state index contributed by atoms with van der Waals surface area (Å²) in [6, 6.07) is 19.5. The summed E-state index contributed by atoms with van der Waals surface area (Å²) >= 11 is 0. The molecule has 0 amide bonds. The molecule has 0 N–H and O–H groups in total. The Morgan fingerprint density at radius 3 is 1.94 bits per heavy atom. The fourth-order valence-electron chi connectivity index (χ4n) is 1.98. The van der Waals surface area contributed by atoms with Crippen LogP contribution in [-0.2, 0) is 6.42 Å². The molecule has 2 rings (SSSR count). The molecule has 2 aromatic rings. The Balaban J connectivity index is 0.000000771. The number of benzene rings is 2. The fourth-order valence-corrected chi connectivity index (χ4v) is 1.98. The Morgan fingerprint density at radius 2 is 1.39 bits per heavy atom. The zero-order chi connectivity index (χ0) is 13.4. The van der Waals surface area contributed by atoms with Gasteiger partial charge in [0, 0.05) is 0 Å². The van der Waals surface area contributed by atoms with Crippen molar-refractivity contribution in [2.45, 2.75) is 40.0 Å². The van der Waals surface area contributed by atoms with Gasteiger partial charge in [0.05, 0.1) is 0 Å². The maximum atomic E-state index is 2.29. The Morgan fingerprint density at radius 1 is 0.833 bits per heavy atom. The fraction of sp³-hybridized carbons (Fsp3) is 0.333. The molecular weight excluding hydrogens is 216 g/mol. The molecule has 0 spiro atoms. The lowest BCUT2D eigenvalue weighted by Crippen LogP contribution is -1.98. The number of hydrogen-bond donors (Lipinski definition) is 0. The second-order valence-corrected chi connectivity index (χ2v) is 4.50. The van der Waals surface area contributed by atoms with Gasteiger partial charge in [-0.2, -0.15) is 0 Å². The van der Waals surface area contributed by atoms with Crippen molar-refractivity contribution in [2.24, 2.45) is 0 Å². The summed E-state index contributed by atoms with van der Waals surface area (Å²) in [5.41, 5.74) is 4.17. The zero-order valence-electron chi connectivity index (χ0n) is 12.0. The normalized spacial score (nSPS) is 11.3. The van der Waals surface area contributed by atoms with Gasteiger partial charge < -0.3 is 0 Å². The number of hydrogen-bond acceptors (Lipinski definition) is 0. The standard InChI is InChI=1S/C16H18.C2H6/c1-13-8-10-16(11-9-13)14(2)12-15-6-4-3-5-7-15;1-2/h3-11,14H,12H2,1-2H3;1-2H3. The highest BCUT2D eigenvalue weighted by Crippen LogP contribution is 2.20. The van der Waals surface area contributed by atoms with Gasteiger partial charge in [0.15, 0.2) is 0 Å². The topological polar surface area (TPSA) is 0 Å². The predicted molar refractivity (Wildman–Crippen MR) is 81.1 cm³/mol. The van der Waals surface area contributed by atoms with Crippen LogP contribution in [0.2, 0.25) is 0 Å². The Kier molecular flexibility index (Phi) is 6.21. The third kappa shape index (κ3) is 4.37. The van der Waals surface area contributed by atoms with E-state index in [-0.39, 0.29) is 0 Å². The summed E-state index contributed by atoms with van der Waals surface area (Å²) in [6.07, 6.45) is 1.11. The first-order valence-corrected chi connectivity index (χ1v) is 6.86. The van der Waals surface area contributed by atoms with Crippen LogP contribution in [-0.4, -0.2) is 0 Å². The highest BCUT2D eigenvalue weighted by atomic mass is 14.1. The van der Waals surface area contributed by atoms with Crippen molar-refractivity contribution in [1.82, 2.24) is 0 Å². The molecule has 0 aromatic heterocycles. The van der Waals surface area contributed by atoms with Crippen molar-refractivity contribution in [3.63, 3.8) is 0 Å². The second kappa shape index (κ2) is 7.71. The lowest BCUT2D eigenvalue weighted by atomic mass is 9.93. The average molecular weight is 240 g/mol. The van der Waals surface area contributed by atoms with E-state index in [2.05, 4.69) is 68.4 Å². The van der Waals surface area contributed by atoms with Crippen LogP contribution in [0.25, 0.3) is 0 Å². The van der Waals surface area contributed by atoms with Gasteiger partial charge in [0.1, 0.15) is 0 Å². The van der Waals surface area contributed by atoms with E-state index in [1.54, 1.807) is 0 Å². The third-order valence-electron chi connectivity index (χ3n) is 3.03. The molecule has 0 aliphatic carbocycles. The molecule has 0 nitrogen and oxygen atoms in total. The molecular formula is C18H24. The first-order chi connectivity index (χ1) is 8.75. The lowest BCUT2D eigenvalue weighted by molar-refractivity contribution is 0.759. The molecule has 0 heteroatoms. The summed E-state index contributed by atoms with van der Waals surface area (Å²) in [7, 11) is 0. The molecule has 0 radical (unpaired) electrons. The molecule has 2 aromatic carbocycles. The van der Waals surface area contributed by atoms with Gasteiger partial charge in [0.2, 0.25) is 0 Å². The molecule has 0 aliphatic rings. The van der Waals surface area contributed by atoms with Gasteiger partial charge in [0.25, 0.3) is 0 Å². The average Bonchev–Trinajstić information content (AvgIpc) is 2.43. The summed E-state index contributed by atoms with van der Waals surface area (Å²) in [5, 5.41) is 0. The van der Waals surface area contributed by atoms with E-state index in [0.29, 0.717) is 5.92 Å². The van der Waals surface area contributed by atoms with Crippen molar-refractivity contribution in [2.75, 3.05) is 0 Å². The zero-order valence-corrected chi connectivity index (χ0v) is 12.0. The van der Waals surface area contributed by atoms with E-state index in [1.165, 1.54) is 16.7 Å². The largest absolute Gasteiger partial charge is 0.0683 e. The highest BCUT2D eigenvalue weighted by molar-refractivity contribution is 5.26. The van der Waals surface area contributed by atoms with E-state index in [4.69, 9.17) is 0 Å². The van der Waals surface area contributed by atoms with E-state index in [1.807, 2.05) is 13.8 Å². The van der Waals surface area contributed by atoms with Crippen LogP contribution in [0.1, 0.15) is 43.4 Å². The molecule has 0 bridgehead atoms. The van der Waals surface area contributed by atoms with Crippen LogP contribution < -0.4 is 0 Å². The summed E-state index contributed by atoms with van der Waals surface area (Å²) in [5.74, 6) is 0.586. The van der Waals surface area contributed by atoms with Crippen LogP contribution in [0.15, 0.2) is 54.6 Å². The van der Waals surface area contributed by atoms with Crippen LogP contribution >= 0.6 is 0 Å². The molecule has 0 aliphatic heterocycles. The molecule has 0 fully saturated rings. The van der Waals surface area contributed by atoms with Crippen LogP contribution in [0, 0.1) is 6.92 Å². The van der Waals surface area contributed by atoms with Crippen LogP contribution in [0.4, 0.5) is 0 Å². The maximum Gasteiger partial charge on any atom is -0.0150 e. The van der Waals surface area contributed by atoms with Crippen molar-refractivity contribution in [3.05, 3.63) is 71.3 Å². The summed E-state index contributed by atoms with van der Waals surface area (Å²) < 4.78 is 0. The van der Waals surface area contributed by atoms with Crippen LogP contribution in [0.5, 0.6) is 0 Å². The Hall–Kier alpha value is -1.56. The highest BCUT2D eigenvalue weighted by Gasteiger charge is 2.05. The van der Waals surface area contributed by atoms with Crippen molar-refractivity contribution < 1.29 is 0 Å². The van der Waals surface area contributed by atoms with Gasteiger partial charge in [-0.25, -0.2) is 0 Å². The summed E-state index contributed by atoms with van der Waals surface area (Å²) in [6.45, 7) is 8.42. The number of rotatable bonds is 3. The van der Waals surface area contributed by atoms with E-state index >= 15 is 0 Å². The van der Waals surface area contributed by atoms with Gasteiger partial charge in [-0.1, -0.05) is 80.9 Å².